The average molecular weight is 461 g/mol. The van der Waals surface area contributed by atoms with E-state index < -0.39 is 0 Å². The Balaban J connectivity index is 1.45. The van der Waals surface area contributed by atoms with Crippen LogP contribution in [-0.2, 0) is 17.8 Å². The van der Waals surface area contributed by atoms with Crippen molar-refractivity contribution in [2.45, 2.75) is 40.2 Å². The number of aryl methyl sites for hydroxylation is 2. The van der Waals surface area contributed by atoms with Gasteiger partial charge in [0.25, 0.3) is 11.3 Å². The van der Waals surface area contributed by atoms with Crippen LogP contribution in [0.1, 0.15) is 35.7 Å². The van der Waals surface area contributed by atoms with E-state index in [1.165, 1.54) is 10.1 Å². The molecule has 2 aromatic carbocycles. The molecule has 4 rings (SSSR count). The molecular formula is C25H28N6O3. The van der Waals surface area contributed by atoms with E-state index in [1.54, 1.807) is 19.1 Å². The molecule has 2 heterocycles. The predicted octanol–water partition coefficient (Wildman–Crippen LogP) is 3.62. The van der Waals surface area contributed by atoms with Gasteiger partial charge in [0.15, 0.2) is 0 Å². The van der Waals surface area contributed by atoms with Crippen molar-refractivity contribution in [3.63, 3.8) is 0 Å². The molecule has 0 saturated carbocycles. The molecule has 0 unspecified atom stereocenters. The molecule has 0 fully saturated rings. The second-order valence-corrected chi connectivity index (χ2v) is 8.01. The van der Waals surface area contributed by atoms with Crippen LogP contribution in [0.4, 0.5) is 11.6 Å². The summed E-state index contributed by atoms with van der Waals surface area (Å²) in [6.45, 7) is 6.74. The van der Waals surface area contributed by atoms with E-state index in [0.717, 1.165) is 5.56 Å². The van der Waals surface area contributed by atoms with Crippen molar-refractivity contribution >= 4 is 23.3 Å². The fourth-order valence-corrected chi connectivity index (χ4v) is 3.62. The standard InChI is InChI=1S/C25H28N6O3/c1-4-34-21-8-6-5-7-20(21)28-22(32)14-13-19-17(3)27-25-29-24(30-31(25)23(19)33)26-15-18-11-9-16(2)10-12-18/h5-12H,4,13-15H2,1-3H3,(H,28,32)(H2,26,27,29,30). The minimum Gasteiger partial charge on any atom is -0.492 e. The minimum absolute atomic E-state index is 0.136. The van der Waals surface area contributed by atoms with Gasteiger partial charge in [-0.3, -0.25) is 14.7 Å². The number of ether oxygens (including phenoxy) is 1. The third kappa shape index (κ3) is 5.25. The summed E-state index contributed by atoms with van der Waals surface area (Å²) >= 11 is 0. The van der Waals surface area contributed by atoms with Crippen molar-refractivity contribution in [3.05, 3.63) is 81.3 Å². The van der Waals surface area contributed by atoms with Gasteiger partial charge in [0.05, 0.1) is 18.0 Å². The van der Waals surface area contributed by atoms with Crippen molar-refractivity contribution in [1.29, 1.82) is 0 Å². The fraction of sp³-hybridized carbons (Fsp3) is 0.280. The second kappa shape index (κ2) is 10.2. The minimum atomic E-state index is -0.263. The number of hydrogen-bond donors (Lipinski definition) is 3. The summed E-state index contributed by atoms with van der Waals surface area (Å²) in [4.78, 5) is 34.4. The largest absolute Gasteiger partial charge is 0.492 e. The van der Waals surface area contributed by atoms with Gasteiger partial charge < -0.3 is 15.4 Å². The Morgan fingerprint density at radius 3 is 2.62 bits per heavy atom. The lowest BCUT2D eigenvalue weighted by molar-refractivity contribution is -0.116. The lowest BCUT2D eigenvalue weighted by Crippen LogP contribution is -2.23. The lowest BCUT2D eigenvalue weighted by Gasteiger charge is -2.11. The molecule has 2 aromatic heterocycles. The quantitative estimate of drug-likeness (QED) is 0.352. The molecule has 176 valence electrons. The first kappa shape index (κ1) is 23.0. The van der Waals surface area contributed by atoms with Crippen LogP contribution in [0.15, 0.2) is 53.3 Å². The summed E-state index contributed by atoms with van der Waals surface area (Å²) in [5.41, 5.74) is 3.66. The van der Waals surface area contributed by atoms with Gasteiger partial charge in [-0.1, -0.05) is 42.0 Å². The van der Waals surface area contributed by atoms with E-state index in [2.05, 4.69) is 25.7 Å². The van der Waals surface area contributed by atoms with Crippen LogP contribution >= 0.6 is 0 Å². The number of benzene rings is 2. The van der Waals surface area contributed by atoms with Gasteiger partial charge in [-0.25, -0.2) is 4.98 Å². The number of rotatable bonds is 9. The van der Waals surface area contributed by atoms with Gasteiger partial charge in [-0.05, 0) is 44.9 Å². The van der Waals surface area contributed by atoms with Crippen LogP contribution in [0, 0.1) is 13.8 Å². The van der Waals surface area contributed by atoms with Gasteiger partial charge in [0.1, 0.15) is 5.75 Å². The first-order valence-corrected chi connectivity index (χ1v) is 11.2. The van der Waals surface area contributed by atoms with Gasteiger partial charge in [0, 0.05) is 18.5 Å². The average Bonchev–Trinajstić information content (AvgIpc) is 3.23. The number of carbonyl (C=O) groups excluding carboxylic acids is 1. The Kier molecular flexibility index (Phi) is 6.91. The molecule has 3 N–H and O–H groups in total. The maximum absolute atomic E-state index is 13.1. The summed E-state index contributed by atoms with van der Waals surface area (Å²) in [6, 6.07) is 15.4. The van der Waals surface area contributed by atoms with Gasteiger partial charge >= 0.3 is 0 Å². The van der Waals surface area contributed by atoms with E-state index in [4.69, 9.17) is 4.74 Å². The molecule has 9 heteroatoms. The van der Waals surface area contributed by atoms with Crippen LogP contribution in [-0.4, -0.2) is 32.1 Å². The first-order valence-electron chi connectivity index (χ1n) is 11.2. The zero-order chi connectivity index (χ0) is 24.1. The highest BCUT2D eigenvalue weighted by atomic mass is 16.5. The van der Waals surface area contributed by atoms with E-state index in [9.17, 15) is 9.59 Å². The van der Waals surface area contributed by atoms with Crippen molar-refractivity contribution in [1.82, 2.24) is 19.6 Å². The Bertz CT molecular complexity index is 1360. The van der Waals surface area contributed by atoms with Gasteiger partial charge in [-0.15, -0.1) is 0 Å². The van der Waals surface area contributed by atoms with E-state index in [0.29, 0.717) is 41.8 Å². The third-order valence-electron chi connectivity index (χ3n) is 5.44. The van der Waals surface area contributed by atoms with Crippen molar-refractivity contribution in [2.24, 2.45) is 0 Å². The van der Waals surface area contributed by atoms with Crippen LogP contribution in [0.2, 0.25) is 0 Å². The molecular weight excluding hydrogens is 432 g/mol. The summed E-state index contributed by atoms with van der Waals surface area (Å²) in [6.07, 6.45) is 0.394. The molecule has 4 aromatic rings. The molecule has 0 atom stereocenters. The number of nitrogens with one attached hydrogen (secondary N) is 3. The number of aromatic amines is 1. The van der Waals surface area contributed by atoms with E-state index >= 15 is 0 Å². The molecule has 9 nitrogen and oxygen atoms in total. The third-order valence-corrected chi connectivity index (χ3v) is 5.44. The van der Waals surface area contributed by atoms with Crippen LogP contribution in [0.3, 0.4) is 0 Å². The highest BCUT2D eigenvalue weighted by Crippen LogP contribution is 2.24. The normalized spacial score (nSPS) is 10.9. The van der Waals surface area contributed by atoms with Crippen molar-refractivity contribution in [2.75, 3.05) is 17.2 Å². The highest BCUT2D eigenvalue weighted by Gasteiger charge is 2.15. The second-order valence-electron chi connectivity index (χ2n) is 8.01. The van der Waals surface area contributed by atoms with Crippen LogP contribution < -0.4 is 20.9 Å². The lowest BCUT2D eigenvalue weighted by atomic mass is 10.1. The van der Waals surface area contributed by atoms with E-state index in [1.807, 2.05) is 50.2 Å². The topological polar surface area (TPSA) is 113 Å². The molecule has 0 aliphatic rings. The number of para-hydroxylation sites is 2. The van der Waals surface area contributed by atoms with Gasteiger partial charge in [-0.2, -0.15) is 9.50 Å². The number of hydrogen-bond acceptors (Lipinski definition) is 6. The monoisotopic (exact) mass is 460 g/mol. The molecule has 0 bridgehead atoms. The number of anilines is 2. The zero-order valence-corrected chi connectivity index (χ0v) is 19.5. The Hall–Kier alpha value is -4.14. The highest BCUT2D eigenvalue weighted by molar-refractivity contribution is 5.92. The Labute approximate surface area is 197 Å². The molecule has 1 amide bonds. The molecule has 0 spiro atoms. The number of amides is 1. The molecule has 0 aliphatic carbocycles. The molecule has 34 heavy (non-hydrogen) atoms. The number of H-pyrrole nitrogens is 1. The SMILES string of the molecule is CCOc1ccccc1NC(=O)CCc1c(C)nc2nc(NCc3ccc(C)cc3)[nH]n2c1=O. The Morgan fingerprint density at radius 2 is 1.85 bits per heavy atom. The smallest absolute Gasteiger partial charge is 0.277 e. The molecule has 0 aliphatic heterocycles. The maximum Gasteiger partial charge on any atom is 0.277 e. The molecule has 0 radical (unpaired) electrons. The van der Waals surface area contributed by atoms with Crippen molar-refractivity contribution < 1.29 is 9.53 Å². The summed E-state index contributed by atoms with van der Waals surface area (Å²) in [7, 11) is 0. The number of nitrogens with zero attached hydrogens (tertiary/aromatic N) is 3. The number of carbonyl (C=O) groups is 1. The zero-order valence-electron chi connectivity index (χ0n) is 19.5. The summed E-state index contributed by atoms with van der Waals surface area (Å²) < 4.78 is 6.86. The first-order chi connectivity index (χ1) is 16.4. The van der Waals surface area contributed by atoms with Crippen LogP contribution in [0.25, 0.3) is 5.78 Å². The Morgan fingerprint density at radius 1 is 1.09 bits per heavy atom. The molecule has 0 saturated heterocycles. The number of fused-ring (bicyclic) bond motifs is 1. The summed E-state index contributed by atoms with van der Waals surface area (Å²) in [5.74, 6) is 1.14. The maximum atomic E-state index is 13.1. The summed E-state index contributed by atoms with van der Waals surface area (Å²) in [5, 5.41) is 9.01. The fourth-order valence-electron chi connectivity index (χ4n) is 3.62. The van der Waals surface area contributed by atoms with E-state index in [-0.39, 0.29) is 30.1 Å². The predicted molar refractivity (Wildman–Crippen MR) is 131 cm³/mol. The van der Waals surface area contributed by atoms with Crippen molar-refractivity contribution in [3.8, 4) is 5.75 Å². The number of aromatic nitrogens is 4. The van der Waals surface area contributed by atoms with Crippen LogP contribution in [0.5, 0.6) is 5.75 Å². The van der Waals surface area contributed by atoms with Gasteiger partial charge in [0.2, 0.25) is 11.9 Å².